The Kier molecular flexibility index (Phi) is 6.11. The number of hydrogen-bond donors (Lipinski definition) is 3. The first-order valence-corrected chi connectivity index (χ1v) is 8.74. The average molecular weight is 349 g/mol. The number of fused-ring (bicyclic) bond motifs is 1. The Bertz CT molecular complexity index is 866. The minimum Gasteiger partial charge on any atom is -0.368 e. The van der Waals surface area contributed by atoms with Gasteiger partial charge in [0.25, 0.3) is 0 Å². The average Bonchev–Trinajstić information content (AvgIpc) is 2.65. The molecule has 2 aromatic heterocycles. The summed E-state index contributed by atoms with van der Waals surface area (Å²) in [6.45, 7) is 3.88. The first-order valence-electron chi connectivity index (χ1n) is 8.74. The second-order valence-electron chi connectivity index (χ2n) is 6.04. The lowest BCUT2D eigenvalue weighted by Crippen LogP contribution is -2.19. The molecular weight excluding hydrogens is 326 g/mol. The molecule has 3 aromatic rings. The van der Waals surface area contributed by atoms with Crippen molar-refractivity contribution in [1.82, 2.24) is 15.3 Å². The number of para-hydroxylation sites is 1. The Morgan fingerprint density at radius 2 is 1.92 bits per heavy atom. The Hall–Kier alpha value is -2.99. The molecule has 3 rings (SSSR count). The van der Waals surface area contributed by atoms with Crippen LogP contribution >= 0.6 is 0 Å². The van der Waals surface area contributed by atoms with Gasteiger partial charge in [-0.1, -0.05) is 24.3 Å². The number of benzene rings is 1. The third-order valence-electron chi connectivity index (χ3n) is 3.89. The summed E-state index contributed by atoms with van der Waals surface area (Å²) in [6.07, 6.45) is 2.73. The van der Waals surface area contributed by atoms with Gasteiger partial charge in [0.1, 0.15) is 0 Å². The van der Waals surface area contributed by atoms with Crippen LogP contribution in [-0.4, -0.2) is 29.0 Å². The minimum absolute atomic E-state index is 0.109. The maximum Gasteiger partial charge on any atom is 0.221 e. The van der Waals surface area contributed by atoms with E-state index in [0.717, 1.165) is 42.7 Å². The van der Waals surface area contributed by atoms with Crippen molar-refractivity contribution >= 4 is 28.3 Å². The molecule has 0 spiro atoms. The van der Waals surface area contributed by atoms with Gasteiger partial charge < -0.3 is 16.0 Å². The Labute approximate surface area is 153 Å². The van der Waals surface area contributed by atoms with Crippen molar-refractivity contribution in [3.8, 4) is 0 Å². The summed E-state index contributed by atoms with van der Waals surface area (Å²) < 4.78 is 0. The monoisotopic (exact) mass is 349 g/mol. The van der Waals surface area contributed by atoms with Crippen LogP contribution in [0.3, 0.4) is 0 Å². The lowest BCUT2D eigenvalue weighted by molar-refractivity contribution is -0.114. The van der Waals surface area contributed by atoms with Crippen LogP contribution in [0.2, 0.25) is 0 Å². The second-order valence-corrected chi connectivity index (χ2v) is 6.04. The van der Waals surface area contributed by atoms with Crippen molar-refractivity contribution < 1.29 is 4.79 Å². The van der Waals surface area contributed by atoms with Gasteiger partial charge in [0, 0.05) is 31.6 Å². The standard InChI is InChI=1S/C20H23N5O/c1-15(26)24-19-13-16-7-2-3-9-18(16)25-20(19)23-12-6-10-21-14-17-8-4-5-11-22-17/h2-5,7-9,11,13,21H,6,10,12,14H2,1H3,(H,23,25)(H,24,26). The van der Waals surface area contributed by atoms with E-state index in [0.29, 0.717) is 11.5 Å². The van der Waals surface area contributed by atoms with Crippen molar-refractivity contribution in [1.29, 1.82) is 0 Å². The van der Waals surface area contributed by atoms with Crippen molar-refractivity contribution in [3.05, 3.63) is 60.4 Å². The van der Waals surface area contributed by atoms with E-state index in [2.05, 4.69) is 25.9 Å². The van der Waals surface area contributed by atoms with Gasteiger partial charge in [0.05, 0.1) is 16.9 Å². The van der Waals surface area contributed by atoms with Gasteiger partial charge in [-0.05, 0) is 37.2 Å². The Morgan fingerprint density at radius 3 is 2.73 bits per heavy atom. The van der Waals surface area contributed by atoms with Crippen molar-refractivity contribution in [2.45, 2.75) is 19.9 Å². The van der Waals surface area contributed by atoms with Crippen molar-refractivity contribution in [2.24, 2.45) is 0 Å². The van der Waals surface area contributed by atoms with E-state index in [4.69, 9.17) is 0 Å². The van der Waals surface area contributed by atoms with Crippen LogP contribution in [-0.2, 0) is 11.3 Å². The zero-order valence-corrected chi connectivity index (χ0v) is 14.8. The van der Waals surface area contributed by atoms with Crippen LogP contribution in [0.1, 0.15) is 19.0 Å². The molecule has 0 aliphatic heterocycles. The molecule has 2 heterocycles. The topological polar surface area (TPSA) is 78.9 Å². The number of carbonyl (C=O) groups is 1. The number of anilines is 2. The van der Waals surface area contributed by atoms with E-state index >= 15 is 0 Å². The molecule has 0 saturated heterocycles. The fourth-order valence-electron chi connectivity index (χ4n) is 2.67. The third-order valence-corrected chi connectivity index (χ3v) is 3.89. The third kappa shape index (κ3) is 5.00. The highest BCUT2D eigenvalue weighted by Crippen LogP contribution is 2.25. The number of pyridine rings is 2. The van der Waals surface area contributed by atoms with Crippen LogP contribution in [0.15, 0.2) is 54.7 Å². The predicted molar refractivity (Wildman–Crippen MR) is 105 cm³/mol. The summed E-state index contributed by atoms with van der Waals surface area (Å²) in [4.78, 5) is 20.4. The van der Waals surface area contributed by atoms with Crippen LogP contribution in [0.25, 0.3) is 10.9 Å². The second kappa shape index (κ2) is 8.92. The number of nitrogens with zero attached hydrogens (tertiary/aromatic N) is 2. The van der Waals surface area contributed by atoms with Crippen LogP contribution in [0.5, 0.6) is 0 Å². The molecule has 0 fully saturated rings. The van der Waals surface area contributed by atoms with E-state index in [-0.39, 0.29) is 5.91 Å². The van der Waals surface area contributed by atoms with Crippen molar-refractivity contribution in [3.63, 3.8) is 0 Å². The molecule has 1 aromatic carbocycles. The predicted octanol–water partition coefficient (Wildman–Crippen LogP) is 3.18. The first kappa shape index (κ1) is 17.8. The number of nitrogens with one attached hydrogen (secondary N) is 3. The Balaban J connectivity index is 1.54. The highest BCUT2D eigenvalue weighted by atomic mass is 16.1. The van der Waals surface area contributed by atoms with Gasteiger partial charge in [0.2, 0.25) is 5.91 Å². The molecule has 1 amide bonds. The SMILES string of the molecule is CC(=O)Nc1cc2ccccc2nc1NCCCNCc1ccccn1. The quantitative estimate of drug-likeness (QED) is 0.544. The lowest BCUT2D eigenvalue weighted by Gasteiger charge is -2.13. The number of amides is 1. The molecule has 0 saturated carbocycles. The van der Waals surface area contributed by atoms with E-state index in [1.807, 2.05) is 48.5 Å². The summed E-state index contributed by atoms with van der Waals surface area (Å²) >= 11 is 0. The molecule has 0 unspecified atom stereocenters. The molecule has 3 N–H and O–H groups in total. The van der Waals surface area contributed by atoms with Gasteiger partial charge in [0.15, 0.2) is 5.82 Å². The van der Waals surface area contributed by atoms with E-state index in [1.54, 1.807) is 6.20 Å². The molecular formula is C20H23N5O. The molecule has 6 heteroatoms. The number of rotatable bonds is 8. The van der Waals surface area contributed by atoms with Gasteiger partial charge in [-0.25, -0.2) is 4.98 Å². The van der Waals surface area contributed by atoms with Gasteiger partial charge in [-0.2, -0.15) is 0 Å². The van der Waals surface area contributed by atoms with Crippen LogP contribution in [0, 0.1) is 0 Å². The molecule has 0 aliphatic rings. The summed E-state index contributed by atoms with van der Waals surface area (Å²) in [6, 6.07) is 15.7. The number of aromatic nitrogens is 2. The highest BCUT2D eigenvalue weighted by Gasteiger charge is 2.08. The first-order chi connectivity index (χ1) is 12.7. The van der Waals surface area contributed by atoms with E-state index < -0.39 is 0 Å². The van der Waals surface area contributed by atoms with Crippen LogP contribution in [0.4, 0.5) is 11.5 Å². The maximum absolute atomic E-state index is 11.5. The zero-order chi connectivity index (χ0) is 18.2. The molecule has 0 aliphatic carbocycles. The minimum atomic E-state index is -0.109. The molecule has 6 nitrogen and oxygen atoms in total. The summed E-state index contributed by atoms with van der Waals surface area (Å²) in [7, 11) is 0. The zero-order valence-electron chi connectivity index (χ0n) is 14.8. The highest BCUT2D eigenvalue weighted by molar-refractivity contribution is 5.96. The van der Waals surface area contributed by atoms with E-state index in [1.165, 1.54) is 6.92 Å². The van der Waals surface area contributed by atoms with Crippen molar-refractivity contribution in [2.75, 3.05) is 23.7 Å². The molecule has 26 heavy (non-hydrogen) atoms. The largest absolute Gasteiger partial charge is 0.368 e. The van der Waals surface area contributed by atoms with E-state index in [9.17, 15) is 4.79 Å². The summed E-state index contributed by atoms with van der Waals surface area (Å²) in [5, 5.41) is 10.5. The molecule has 0 atom stereocenters. The Morgan fingerprint density at radius 1 is 1.08 bits per heavy atom. The molecule has 134 valence electrons. The molecule has 0 radical (unpaired) electrons. The smallest absolute Gasteiger partial charge is 0.221 e. The van der Waals surface area contributed by atoms with Gasteiger partial charge in [-0.3, -0.25) is 9.78 Å². The van der Waals surface area contributed by atoms with Crippen LogP contribution < -0.4 is 16.0 Å². The fourth-order valence-corrected chi connectivity index (χ4v) is 2.67. The number of carbonyl (C=O) groups excluding carboxylic acids is 1. The summed E-state index contributed by atoms with van der Waals surface area (Å²) in [5.74, 6) is 0.589. The summed E-state index contributed by atoms with van der Waals surface area (Å²) in [5.41, 5.74) is 2.64. The molecule has 0 bridgehead atoms. The lowest BCUT2D eigenvalue weighted by atomic mass is 10.2. The van der Waals surface area contributed by atoms with Gasteiger partial charge >= 0.3 is 0 Å². The van der Waals surface area contributed by atoms with Gasteiger partial charge in [-0.15, -0.1) is 0 Å². The maximum atomic E-state index is 11.5. The normalized spacial score (nSPS) is 10.7. The number of hydrogen-bond acceptors (Lipinski definition) is 5. The fraction of sp³-hybridized carbons (Fsp3) is 0.250.